The van der Waals surface area contributed by atoms with Crippen LogP contribution in [0, 0.1) is 0 Å². The van der Waals surface area contributed by atoms with E-state index in [0.717, 1.165) is 11.1 Å². The minimum absolute atomic E-state index is 0.395. The molecule has 2 aromatic carbocycles. The summed E-state index contributed by atoms with van der Waals surface area (Å²) in [4.78, 5) is 0. The molecule has 2 aromatic rings. The van der Waals surface area contributed by atoms with Gasteiger partial charge in [-0.2, -0.15) is 0 Å². The monoisotopic (exact) mass is 272 g/mol. The number of rotatable bonds is 2. The van der Waals surface area contributed by atoms with E-state index >= 15 is 0 Å². The van der Waals surface area contributed by atoms with Crippen LogP contribution < -0.4 is 4.74 Å². The first-order valence-corrected chi connectivity index (χ1v) is 6.49. The van der Waals surface area contributed by atoms with Gasteiger partial charge in [0.15, 0.2) is 0 Å². The summed E-state index contributed by atoms with van der Waals surface area (Å²) < 4.78 is 5.78. The Morgan fingerprint density at radius 1 is 1.05 bits per heavy atom. The Kier molecular flexibility index (Phi) is 3.28. The zero-order valence-corrected chi connectivity index (χ0v) is 10.9. The average molecular weight is 273 g/mol. The van der Waals surface area contributed by atoms with Crippen LogP contribution in [-0.2, 0) is 0 Å². The molecule has 2 nitrogen and oxygen atoms in total. The summed E-state index contributed by atoms with van der Waals surface area (Å²) in [6.45, 7) is 0. The first-order valence-electron chi connectivity index (χ1n) is 6.11. The maximum absolute atomic E-state index is 10.3. The molecule has 1 aliphatic rings. The predicted molar refractivity (Wildman–Crippen MR) is 76.3 cm³/mol. The molecule has 0 saturated carbocycles. The molecule has 3 heteroatoms. The van der Waals surface area contributed by atoms with E-state index in [0.29, 0.717) is 10.8 Å². The van der Waals surface area contributed by atoms with Gasteiger partial charge in [-0.3, -0.25) is 0 Å². The highest BCUT2D eigenvalue weighted by Gasteiger charge is 2.25. The lowest BCUT2D eigenvalue weighted by Gasteiger charge is -2.26. The standard InChI is InChI=1S/C16H13ClO2/c17-12-5-3-6-13(10-12)19-15-9-8-11-4-1-2-7-14(11)16(15)18/h1-10,15-16,18H/t15-,16+/m1/s1. The lowest BCUT2D eigenvalue weighted by Crippen LogP contribution is -2.25. The highest BCUT2D eigenvalue weighted by molar-refractivity contribution is 6.30. The van der Waals surface area contributed by atoms with Gasteiger partial charge in [0.1, 0.15) is 18.0 Å². The molecule has 0 aromatic heterocycles. The Morgan fingerprint density at radius 3 is 2.74 bits per heavy atom. The third-order valence-electron chi connectivity index (χ3n) is 3.16. The van der Waals surface area contributed by atoms with Crippen molar-refractivity contribution in [2.45, 2.75) is 12.2 Å². The molecule has 0 heterocycles. The van der Waals surface area contributed by atoms with Gasteiger partial charge in [0.2, 0.25) is 0 Å². The quantitative estimate of drug-likeness (QED) is 0.900. The highest BCUT2D eigenvalue weighted by atomic mass is 35.5. The number of halogens is 1. The van der Waals surface area contributed by atoms with Gasteiger partial charge in [-0.1, -0.05) is 48.0 Å². The van der Waals surface area contributed by atoms with Gasteiger partial charge in [-0.15, -0.1) is 0 Å². The van der Waals surface area contributed by atoms with Gasteiger partial charge in [-0.25, -0.2) is 0 Å². The minimum atomic E-state index is -0.666. The molecule has 19 heavy (non-hydrogen) atoms. The number of hydrogen-bond donors (Lipinski definition) is 1. The number of fused-ring (bicyclic) bond motifs is 1. The molecule has 1 N–H and O–H groups in total. The van der Waals surface area contributed by atoms with Crippen LogP contribution in [0.15, 0.2) is 54.6 Å². The number of ether oxygens (including phenoxy) is 1. The van der Waals surface area contributed by atoms with Crippen molar-refractivity contribution >= 4 is 17.7 Å². The molecular formula is C16H13ClO2. The summed E-state index contributed by atoms with van der Waals surface area (Å²) >= 11 is 5.92. The second-order valence-corrected chi connectivity index (χ2v) is 4.91. The molecule has 2 atom stereocenters. The fraction of sp³-hybridized carbons (Fsp3) is 0.125. The van der Waals surface area contributed by atoms with E-state index < -0.39 is 12.2 Å². The number of aliphatic hydroxyl groups is 1. The van der Waals surface area contributed by atoms with Crippen LogP contribution in [-0.4, -0.2) is 11.2 Å². The molecule has 0 amide bonds. The van der Waals surface area contributed by atoms with E-state index in [-0.39, 0.29) is 0 Å². The third-order valence-corrected chi connectivity index (χ3v) is 3.39. The van der Waals surface area contributed by atoms with E-state index in [1.807, 2.05) is 48.6 Å². The van der Waals surface area contributed by atoms with Crippen molar-refractivity contribution in [2.24, 2.45) is 0 Å². The summed E-state index contributed by atoms with van der Waals surface area (Å²) in [6, 6.07) is 14.9. The highest BCUT2D eigenvalue weighted by Crippen LogP contribution is 2.31. The van der Waals surface area contributed by atoms with E-state index in [2.05, 4.69) is 0 Å². The average Bonchev–Trinajstić information content (AvgIpc) is 2.42. The van der Waals surface area contributed by atoms with Crippen molar-refractivity contribution in [3.8, 4) is 5.75 Å². The zero-order valence-electron chi connectivity index (χ0n) is 10.2. The molecule has 3 rings (SSSR count). The van der Waals surface area contributed by atoms with E-state index in [1.54, 1.807) is 12.1 Å². The Hall–Kier alpha value is -1.77. The first kappa shape index (κ1) is 12.3. The zero-order chi connectivity index (χ0) is 13.2. The number of benzene rings is 2. The smallest absolute Gasteiger partial charge is 0.147 e. The van der Waals surface area contributed by atoms with Gasteiger partial charge < -0.3 is 9.84 Å². The van der Waals surface area contributed by atoms with Crippen molar-refractivity contribution in [3.05, 3.63) is 70.8 Å². The molecule has 0 bridgehead atoms. The molecule has 96 valence electrons. The Bertz CT molecular complexity index is 622. The van der Waals surface area contributed by atoms with Crippen LogP contribution in [0.1, 0.15) is 17.2 Å². The van der Waals surface area contributed by atoms with Crippen molar-refractivity contribution < 1.29 is 9.84 Å². The molecule has 0 radical (unpaired) electrons. The summed E-state index contributed by atoms with van der Waals surface area (Å²) in [5.74, 6) is 0.653. The van der Waals surface area contributed by atoms with Crippen LogP contribution in [0.2, 0.25) is 5.02 Å². The molecular weight excluding hydrogens is 260 g/mol. The Labute approximate surface area is 116 Å². The Balaban J connectivity index is 1.85. The van der Waals surface area contributed by atoms with Crippen LogP contribution in [0.4, 0.5) is 0 Å². The maximum atomic E-state index is 10.3. The normalized spacial score (nSPS) is 20.9. The molecule has 0 fully saturated rings. The van der Waals surface area contributed by atoms with Gasteiger partial charge in [0, 0.05) is 5.02 Å². The molecule has 0 aliphatic heterocycles. The van der Waals surface area contributed by atoms with Crippen molar-refractivity contribution in [3.63, 3.8) is 0 Å². The summed E-state index contributed by atoms with van der Waals surface area (Å²) in [6.07, 6.45) is 2.78. The second kappa shape index (κ2) is 5.08. The fourth-order valence-corrected chi connectivity index (χ4v) is 2.39. The van der Waals surface area contributed by atoms with Gasteiger partial charge >= 0.3 is 0 Å². The third kappa shape index (κ3) is 2.50. The minimum Gasteiger partial charge on any atom is -0.483 e. The van der Waals surface area contributed by atoms with Crippen LogP contribution in [0.25, 0.3) is 6.08 Å². The number of aliphatic hydroxyl groups excluding tert-OH is 1. The predicted octanol–water partition coefficient (Wildman–Crippen LogP) is 3.85. The molecule has 0 saturated heterocycles. The Morgan fingerprint density at radius 2 is 1.89 bits per heavy atom. The summed E-state index contributed by atoms with van der Waals surface area (Å²) in [7, 11) is 0. The SMILES string of the molecule is O[C@H]1c2ccccc2C=C[C@H]1Oc1cccc(Cl)c1. The van der Waals surface area contributed by atoms with E-state index in [1.165, 1.54) is 0 Å². The lowest BCUT2D eigenvalue weighted by molar-refractivity contribution is 0.0623. The number of hydrogen-bond acceptors (Lipinski definition) is 2. The van der Waals surface area contributed by atoms with Crippen molar-refractivity contribution in [1.82, 2.24) is 0 Å². The second-order valence-electron chi connectivity index (χ2n) is 4.47. The maximum Gasteiger partial charge on any atom is 0.147 e. The van der Waals surface area contributed by atoms with Crippen molar-refractivity contribution in [2.75, 3.05) is 0 Å². The summed E-state index contributed by atoms with van der Waals surface area (Å²) in [5, 5.41) is 11.0. The van der Waals surface area contributed by atoms with Crippen LogP contribution >= 0.6 is 11.6 Å². The van der Waals surface area contributed by atoms with Crippen LogP contribution in [0.5, 0.6) is 5.75 Å². The molecule has 1 aliphatic carbocycles. The topological polar surface area (TPSA) is 29.5 Å². The molecule has 0 spiro atoms. The lowest BCUT2D eigenvalue weighted by atomic mass is 9.93. The van der Waals surface area contributed by atoms with Crippen LogP contribution in [0.3, 0.4) is 0 Å². The summed E-state index contributed by atoms with van der Waals surface area (Å²) in [5.41, 5.74) is 1.91. The largest absolute Gasteiger partial charge is 0.483 e. The van der Waals surface area contributed by atoms with Crippen molar-refractivity contribution in [1.29, 1.82) is 0 Å². The van der Waals surface area contributed by atoms with Gasteiger partial charge in [0.25, 0.3) is 0 Å². The molecule has 0 unspecified atom stereocenters. The van der Waals surface area contributed by atoms with E-state index in [9.17, 15) is 5.11 Å². The van der Waals surface area contributed by atoms with Gasteiger partial charge in [0.05, 0.1) is 0 Å². The van der Waals surface area contributed by atoms with Gasteiger partial charge in [-0.05, 0) is 35.4 Å². The first-order chi connectivity index (χ1) is 9.24. The fourth-order valence-electron chi connectivity index (χ4n) is 2.21. The van der Waals surface area contributed by atoms with E-state index in [4.69, 9.17) is 16.3 Å².